The standard InChI is InChI=1S/C22H27N5O2S/c1-16-12-26(13-17(2)29-16)10-6-9-23-21(28)20-15-30-22(25-20)18-11-24-27(14-18)19-7-4-3-5-8-19/h3-5,7-8,11,14-17H,6,9-10,12-13H2,1-2H3,(H,23,28). The molecule has 1 saturated heterocycles. The summed E-state index contributed by atoms with van der Waals surface area (Å²) in [5.41, 5.74) is 2.34. The molecule has 1 aliphatic rings. The molecule has 0 spiro atoms. The Morgan fingerprint density at radius 1 is 1.23 bits per heavy atom. The smallest absolute Gasteiger partial charge is 0.270 e. The quantitative estimate of drug-likeness (QED) is 0.589. The topological polar surface area (TPSA) is 72.3 Å². The third-order valence-corrected chi connectivity index (χ3v) is 5.91. The van der Waals surface area contributed by atoms with E-state index in [-0.39, 0.29) is 18.1 Å². The van der Waals surface area contributed by atoms with Crippen LogP contribution in [0.1, 0.15) is 30.8 Å². The predicted molar refractivity (Wildman–Crippen MR) is 118 cm³/mol. The second kappa shape index (κ2) is 9.51. The largest absolute Gasteiger partial charge is 0.373 e. The van der Waals surface area contributed by atoms with E-state index in [0.29, 0.717) is 12.2 Å². The number of carbonyl (C=O) groups is 1. The van der Waals surface area contributed by atoms with Crippen LogP contribution in [0, 0.1) is 0 Å². The molecule has 3 heterocycles. The van der Waals surface area contributed by atoms with Crippen LogP contribution < -0.4 is 5.32 Å². The Bertz CT molecular complexity index is 961. The van der Waals surface area contributed by atoms with E-state index in [0.717, 1.165) is 42.3 Å². The number of para-hydroxylation sites is 1. The summed E-state index contributed by atoms with van der Waals surface area (Å²) in [5.74, 6) is -0.128. The van der Waals surface area contributed by atoms with Gasteiger partial charge in [-0.2, -0.15) is 5.10 Å². The van der Waals surface area contributed by atoms with Crippen molar-refractivity contribution in [3.63, 3.8) is 0 Å². The van der Waals surface area contributed by atoms with Gasteiger partial charge in [-0.15, -0.1) is 11.3 Å². The van der Waals surface area contributed by atoms with E-state index in [1.165, 1.54) is 11.3 Å². The highest BCUT2D eigenvalue weighted by molar-refractivity contribution is 7.13. The number of ether oxygens (including phenoxy) is 1. The number of hydrogen-bond donors (Lipinski definition) is 1. The highest BCUT2D eigenvalue weighted by Crippen LogP contribution is 2.24. The van der Waals surface area contributed by atoms with Gasteiger partial charge in [0, 0.05) is 43.3 Å². The van der Waals surface area contributed by atoms with E-state index in [9.17, 15) is 4.79 Å². The summed E-state index contributed by atoms with van der Waals surface area (Å²) in [7, 11) is 0. The van der Waals surface area contributed by atoms with E-state index in [2.05, 4.69) is 34.1 Å². The molecule has 1 fully saturated rings. The van der Waals surface area contributed by atoms with Crippen molar-refractivity contribution >= 4 is 17.2 Å². The molecule has 1 N–H and O–H groups in total. The van der Waals surface area contributed by atoms with Crippen molar-refractivity contribution in [1.29, 1.82) is 0 Å². The highest BCUT2D eigenvalue weighted by atomic mass is 32.1. The maximum Gasteiger partial charge on any atom is 0.270 e. The van der Waals surface area contributed by atoms with Crippen LogP contribution in [0.25, 0.3) is 16.3 Å². The molecular formula is C22H27N5O2S. The number of rotatable bonds is 7. The van der Waals surface area contributed by atoms with Gasteiger partial charge in [-0.05, 0) is 32.4 Å². The van der Waals surface area contributed by atoms with E-state index >= 15 is 0 Å². The van der Waals surface area contributed by atoms with Gasteiger partial charge in [0.05, 0.1) is 24.1 Å². The first-order valence-electron chi connectivity index (χ1n) is 10.3. The second-order valence-electron chi connectivity index (χ2n) is 7.67. The zero-order chi connectivity index (χ0) is 20.9. The Labute approximate surface area is 180 Å². The van der Waals surface area contributed by atoms with E-state index in [1.807, 2.05) is 41.2 Å². The average molecular weight is 426 g/mol. The van der Waals surface area contributed by atoms with Crippen molar-refractivity contribution in [1.82, 2.24) is 25.0 Å². The number of carbonyl (C=O) groups excluding carboxylic acids is 1. The maximum atomic E-state index is 12.4. The van der Waals surface area contributed by atoms with Crippen molar-refractivity contribution < 1.29 is 9.53 Å². The zero-order valence-electron chi connectivity index (χ0n) is 17.3. The SMILES string of the molecule is CC1CN(CCCNC(=O)c2csc(-c3cnn(-c4ccccc4)c3)n2)CC(C)O1. The normalized spacial score (nSPS) is 19.7. The molecule has 30 heavy (non-hydrogen) atoms. The number of hydrogen-bond acceptors (Lipinski definition) is 6. The summed E-state index contributed by atoms with van der Waals surface area (Å²) in [4.78, 5) is 19.4. The molecule has 0 bridgehead atoms. The van der Waals surface area contributed by atoms with Gasteiger partial charge in [-0.1, -0.05) is 18.2 Å². The molecule has 8 heteroatoms. The van der Waals surface area contributed by atoms with Crippen molar-refractivity contribution in [3.8, 4) is 16.3 Å². The van der Waals surface area contributed by atoms with Gasteiger partial charge < -0.3 is 10.1 Å². The van der Waals surface area contributed by atoms with Crippen LogP contribution in [-0.2, 0) is 4.74 Å². The lowest BCUT2D eigenvalue weighted by atomic mass is 10.2. The van der Waals surface area contributed by atoms with Crippen LogP contribution in [0.2, 0.25) is 0 Å². The van der Waals surface area contributed by atoms with E-state index in [4.69, 9.17) is 4.74 Å². The number of aromatic nitrogens is 3. The zero-order valence-corrected chi connectivity index (χ0v) is 18.1. The summed E-state index contributed by atoms with van der Waals surface area (Å²) in [6.45, 7) is 7.70. The molecule has 1 aromatic carbocycles. The fourth-order valence-corrected chi connectivity index (χ4v) is 4.50. The summed E-state index contributed by atoms with van der Waals surface area (Å²) in [5, 5.41) is 9.98. The number of morpholine rings is 1. The molecule has 0 radical (unpaired) electrons. The average Bonchev–Trinajstić information content (AvgIpc) is 3.41. The fourth-order valence-electron chi connectivity index (χ4n) is 3.73. The maximum absolute atomic E-state index is 12.4. The van der Waals surface area contributed by atoms with Gasteiger partial charge in [0.15, 0.2) is 0 Å². The first kappa shape index (κ1) is 20.7. The Kier molecular flexibility index (Phi) is 6.56. The number of thiazole rings is 1. The Morgan fingerprint density at radius 2 is 2.00 bits per heavy atom. The first-order valence-corrected chi connectivity index (χ1v) is 11.2. The van der Waals surface area contributed by atoms with Crippen LogP contribution in [0.4, 0.5) is 0 Å². The van der Waals surface area contributed by atoms with Crippen molar-refractivity contribution in [2.45, 2.75) is 32.5 Å². The number of benzene rings is 1. The van der Waals surface area contributed by atoms with Crippen LogP contribution in [-0.4, -0.2) is 64.0 Å². The highest BCUT2D eigenvalue weighted by Gasteiger charge is 2.21. The van der Waals surface area contributed by atoms with Gasteiger partial charge in [0.25, 0.3) is 5.91 Å². The number of amides is 1. The monoisotopic (exact) mass is 425 g/mol. The lowest BCUT2D eigenvalue weighted by Gasteiger charge is -2.35. The summed E-state index contributed by atoms with van der Waals surface area (Å²) in [6.07, 6.45) is 5.15. The summed E-state index contributed by atoms with van der Waals surface area (Å²) < 4.78 is 7.57. The second-order valence-corrected chi connectivity index (χ2v) is 8.53. The molecular weight excluding hydrogens is 398 g/mol. The van der Waals surface area contributed by atoms with Gasteiger partial charge in [0.1, 0.15) is 10.7 Å². The van der Waals surface area contributed by atoms with E-state index in [1.54, 1.807) is 11.6 Å². The molecule has 0 saturated carbocycles. The van der Waals surface area contributed by atoms with Gasteiger partial charge >= 0.3 is 0 Å². The van der Waals surface area contributed by atoms with Gasteiger partial charge in [0.2, 0.25) is 0 Å². The molecule has 0 aliphatic carbocycles. The molecule has 2 aromatic heterocycles. The molecule has 3 aromatic rings. The molecule has 2 unspecified atom stereocenters. The Morgan fingerprint density at radius 3 is 2.77 bits per heavy atom. The molecule has 1 amide bonds. The van der Waals surface area contributed by atoms with Crippen molar-refractivity contribution in [3.05, 3.63) is 53.8 Å². The number of nitrogens with one attached hydrogen (secondary N) is 1. The lowest BCUT2D eigenvalue weighted by molar-refractivity contribution is -0.0679. The molecule has 7 nitrogen and oxygen atoms in total. The predicted octanol–water partition coefficient (Wildman–Crippen LogP) is 3.22. The summed E-state index contributed by atoms with van der Waals surface area (Å²) in [6, 6.07) is 9.92. The Hall–Kier alpha value is -2.55. The minimum atomic E-state index is -0.128. The first-order chi connectivity index (χ1) is 14.6. The minimum absolute atomic E-state index is 0.128. The molecule has 1 aliphatic heterocycles. The van der Waals surface area contributed by atoms with Crippen molar-refractivity contribution in [2.75, 3.05) is 26.2 Å². The number of nitrogens with zero attached hydrogens (tertiary/aromatic N) is 4. The summed E-state index contributed by atoms with van der Waals surface area (Å²) >= 11 is 1.45. The van der Waals surface area contributed by atoms with Crippen LogP contribution >= 0.6 is 11.3 Å². The fraction of sp³-hybridized carbons (Fsp3) is 0.409. The lowest BCUT2D eigenvalue weighted by Crippen LogP contribution is -2.46. The van der Waals surface area contributed by atoms with Crippen LogP contribution in [0.15, 0.2) is 48.1 Å². The van der Waals surface area contributed by atoms with Crippen molar-refractivity contribution in [2.24, 2.45) is 0 Å². The van der Waals surface area contributed by atoms with E-state index < -0.39 is 0 Å². The van der Waals surface area contributed by atoms with Gasteiger partial charge in [-0.25, -0.2) is 9.67 Å². The van der Waals surface area contributed by atoms with Crippen LogP contribution in [0.3, 0.4) is 0 Å². The van der Waals surface area contributed by atoms with Gasteiger partial charge in [-0.3, -0.25) is 9.69 Å². The minimum Gasteiger partial charge on any atom is -0.373 e. The Balaban J connectivity index is 1.28. The molecule has 4 rings (SSSR count). The van der Waals surface area contributed by atoms with Crippen LogP contribution in [0.5, 0.6) is 0 Å². The third-order valence-electron chi connectivity index (χ3n) is 5.02. The third kappa shape index (κ3) is 5.13. The molecule has 158 valence electrons. The molecule has 2 atom stereocenters.